The number of ether oxygens (including phenoxy) is 2. The second kappa shape index (κ2) is 8.19. The van der Waals surface area contributed by atoms with E-state index in [0.29, 0.717) is 24.5 Å². The van der Waals surface area contributed by atoms with E-state index in [1.807, 2.05) is 35.2 Å². The molecular weight excluding hydrogens is 332 g/mol. The van der Waals surface area contributed by atoms with Gasteiger partial charge in [0.1, 0.15) is 6.04 Å². The molecule has 1 N–H and O–H groups in total. The third kappa shape index (κ3) is 3.51. The molecule has 2 atom stereocenters. The van der Waals surface area contributed by atoms with E-state index in [2.05, 4.69) is 4.98 Å². The number of pyridine rings is 1. The second-order valence-corrected chi connectivity index (χ2v) is 6.36. The van der Waals surface area contributed by atoms with Crippen LogP contribution in [0.1, 0.15) is 36.4 Å². The normalized spacial score (nSPS) is 18.9. The number of para-hydroxylation sites is 1. The van der Waals surface area contributed by atoms with Crippen molar-refractivity contribution in [1.82, 2.24) is 9.88 Å². The highest BCUT2D eigenvalue weighted by Gasteiger charge is 2.36. The lowest BCUT2D eigenvalue weighted by Crippen LogP contribution is -2.47. The predicted octanol–water partition coefficient (Wildman–Crippen LogP) is 3.13. The van der Waals surface area contributed by atoms with Crippen LogP contribution in [0.15, 0.2) is 42.7 Å². The molecule has 0 amide bonds. The fourth-order valence-electron chi connectivity index (χ4n) is 3.74. The highest BCUT2D eigenvalue weighted by molar-refractivity contribution is 5.74. The quantitative estimate of drug-likeness (QED) is 0.857. The van der Waals surface area contributed by atoms with Crippen molar-refractivity contribution in [3.63, 3.8) is 0 Å². The lowest BCUT2D eigenvalue weighted by atomic mass is 9.91. The third-order valence-corrected chi connectivity index (χ3v) is 4.89. The number of aromatic nitrogens is 1. The van der Waals surface area contributed by atoms with Crippen molar-refractivity contribution in [1.29, 1.82) is 0 Å². The van der Waals surface area contributed by atoms with E-state index in [4.69, 9.17) is 9.47 Å². The van der Waals surface area contributed by atoms with Gasteiger partial charge in [-0.05, 0) is 37.1 Å². The molecule has 26 heavy (non-hydrogen) atoms. The van der Waals surface area contributed by atoms with Crippen LogP contribution < -0.4 is 9.47 Å². The van der Waals surface area contributed by atoms with Gasteiger partial charge < -0.3 is 14.6 Å². The Kier molecular flexibility index (Phi) is 5.73. The number of hydrogen-bond acceptors (Lipinski definition) is 5. The molecule has 2 unspecified atom stereocenters. The Hall–Kier alpha value is -2.60. The average molecular weight is 356 g/mol. The minimum absolute atomic E-state index is 0.268. The smallest absolute Gasteiger partial charge is 0.320 e. The van der Waals surface area contributed by atoms with E-state index in [-0.39, 0.29) is 6.04 Å². The first kappa shape index (κ1) is 18.2. The first-order valence-electron chi connectivity index (χ1n) is 8.76. The Morgan fingerprint density at radius 2 is 2.08 bits per heavy atom. The number of benzene rings is 1. The molecule has 1 aromatic heterocycles. The Morgan fingerprint density at radius 3 is 2.73 bits per heavy atom. The molecule has 2 aromatic rings. The minimum atomic E-state index is -0.791. The summed E-state index contributed by atoms with van der Waals surface area (Å²) >= 11 is 0. The van der Waals surface area contributed by atoms with Crippen LogP contribution in [0.5, 0.6) is 11.5 Å². The standard InChI is InChI=1S/C20H24N2O4/c1-25-17-10-5-8-15(19(17)26-2)18(14-7-6-11-21-13-14)22-12-4-3-9-16(22)20(23)24/h5-8,10-11,13,16,18H,3-4,9,12H2,1-2H3,(H,23,24). The monoisotopic (exact) mass is 356 g/mol. The molecule has 1 aromatic carbocycles. The molecule has 3 rings (SSSR count). The van der Waals surface area contributed by atoms with Gasteiger partial charge in [0.15, 0.2) is 11.5 Å². The molecule has 6 nitrogen and oxygen atoms in total. The van der Waals surface area contributed by atoms with E-state index in [9.17, 15) is 9.90 Å². The summed E-state index contributed by atoms with van der Waals surface area (Å²) in [6.07, 6.45) is 6.03. The number of hydrogen-bond donors (Lipinski definition) is 1. The van der Waals surface area contributed by atoms with Gasteiger partial charge in [0.2, 0.25) is 0 Å². The molecule has 1 aliphatic rings. The maximum atomic E-state index is 11.9. The first-order valence-corrected chi connectivity index (χ1v) is 8.76. The number of rotatable bonds is 6. The average Bonchev–Trinajstić information content (AvgIpc) is 2.69. The lowest BCUT2D eigenvalue weighted by molar-refractivity contribution is -0.145. The summed E-state index contributed by atoms with van der Waals surface area (Å²) < 4.78 is 11.1. The van der Waals surface area contributed by atoms with Crippen LogP contribution in [0.3, 0.4) is 0 Å². The molecule has 138 valence electrons. The number of likely N-dealkylation sites (tertiary alicyclic amines) is 1. The van der Waals surface area contributed by atoms with Crippen LogP contribution in [0.4, 0.5) is 0 Å². The summed E-state index contributed by atoms with van der Waals surface area (Å²) in [6.45, 7) is 0.705. The molecule has 1 saturated heterocycles. The van der Waals surface area contributed by atoms with Crippen molar-refractivity contribution >= 4 is 5.97 Å². The zero-order valence-electron chi connectivity index (χ0n) is 15.1. The fourth-order valence-corrected chi connectivity index (χ4v) is 3.74. The summed E-state index contributed by atoms with van der Waals surface area (Å²) in [5.74, 6) is 0.460. The zero-order chi connectivity index (χ0) is 18.5. The van der Waals surface area contributed by atoms with Crippen molar-refractivity contribution in [2.24, 2.45) is 0 Å². The number of carboxylic acid groups (broad SMARTS) is 1. The Morgan fingerprint density at radius 1 is 1.23 bits per heavy atom. The minimum Gasteiger partial charge on any atom is -0.493 e. The van der Waals surface area contributed by atoms with E-state index in [1.165, 1.54) is 0 Å². The van der Waals surface area contributed by atoms with Gasteiger partial charge in [0.05, 0.1) is 20.3 Å². The maximum absolute atomic E-state index is 11.9. The van der Waals surface area contributed by atoms with Crippen LogP contribution in [-0.4, -0.2) is 47.8 Å². The fraction of sp³-hybridized carbons (Fsp3) is 0.400. The highest BCUT2D eigenvalue weighted by atomic mass is 16.5. The van der Waals surface area contributed by atoms with Gasteiger partial charge in [0, 0.05) is 18.0 Å². The van der Waals surface area contributed by atoms with Crippen LogP contribution in [0.25, 0.3) is 0 Å². The second-order valence-electron chi connectivity index (χ2n) is 6.36. The topological polar surface area (TPSA) is 71.9 Å². The summed E-state index contributed by atoms with van der Waals surface area (Å²) in [4.78, 5) is 18.2. The summed E-state index contributed by atoms with van der Waals surface area (Å²) in [5.41, 5.74) is 1.82. The molecule has 0 spiro atoms. The van der Waals surface area contributed by atoms with E-state index < -0.39 is 12.0 Å². The summed E-state index contributed by atoms with van der Waals surface area (Å²) in [5, 5.41) is 9.77. The first-order chi connectivity index (χ1) is 12.7. The van der Waals surface area contributed by atoms with Gasteiger partial charge in [-0.15, -0.1) is 0 Å². The summed E-state index contributed by atoms with van der Waals surface area (Å²) in [6, 6.07) is 8.75. The van der Waals surface area contributed by atoms with Gasteiger partial charge >= 0.3 is 5.97 Å². The Labute approximate surface area is 153 Å². The van der Waals surface area contributed by atoms with E-state index in [0.717, 1.165) is 24.0 Å². The zero-order valence-corrected chi connectivity index (χ0v) is 15.1. The Bertz CT molecular complexity index is 751. The van der Waals surface area contributed by atoms with Crippen molar-refractivity contribution in [2.75, 3.05) is 20.8 Å². The largest absolute Gasteiger partial charge is 0.493 e. The molecule has 0 radical (unpaired) electrons. The van der Waals surface area contributed by atoms with Crippen molar-refractivity contribution in [3.05, 3.63) is 53.9 Å². The summed E-state index contributed by atoms with van der Waals surface area (Å²) in [7, 11) is 3.20. The maximum Gasteiger partial charge on any atom is 0.320 e. The number of carboxylic acids is 1. The van der Waals surface area contributed by atoms with Crippen LogP contribution in [0, 0.1) is 0 Å². The number of aliphatic carboxylic acids is 1. The lowest BCUT2D eigenvalue weighted by Gasteiger charge is -2.40. The number of carbonyl (C=O) groups is 1. The Balaban J connectivity index is 2.15. The van der Waals surface area contributed by atoms with Gasteiger partial charge in [-0.25, -0.2) is 0 Å². The van der Waals surface area contributed by atoms with Crippen LogP contribution in [0.2, 0.25) is 0 Å². The van der Waals surface area contributed by atoms with Crippen molar-refractivity contribution < 1.29 is 19.4 Å². The number of methoxy groups -OCH3 is 2. The third-order valence-electron chi connectivity index (χ3n) is 4.89. The molecule has 1 aliphatic heterocycles. The number of piperidine rings is 1. The number of nitrogens with zero attached hydrogens (tertiary/aromatic N) is 2. The molecule has 2 heterocycles. The molecule has 1 fully saturated rings. The predicted molar refractivity (Wildman–Crippen MR) is 97.6 cm³/mol. The molecule has 0 saturated carbocycles. The van der Waals surface area contributed by atoms with Crippen LogP contribution in [-0.2, 0) is 4.79 Å². The molecule has 6 heteroatoms. The van der Waals surface area contributed by atoms with Crippen LogP contribution >= 0.6 is 0 Å². The SMILES string of the molecule is COc1cccc(C(c2cccnc2)N2CCCCC2C(=O)O)c1OC. The van der Waals surface area contributed by atoms with Gasteiger partial charge in [0.25, 0.3) is 0 Å². The van der Waals surface area contributed by atoms with Crippen molar-refractivity contribution in [3.8, 4) is 11.5 Å². The van der Waals surface area contributed by atoms with Crippen molar-refractivity contribution in [2.45, 2.75) is 31.3 Å². The van der Waals surface area contributed by atoms with Gasteiger partial charge in [-0.1, -0.05) is 24.6 Å². The highest BCUT2D eigenvalue weighted by Crippen LogP contribution is 2.42. The molecule has 0 bridgehead atoms. The van der Waals surface area contributed by atoms with Gasteiger partial charge in [-0.3, -0.25) is 14.7 Å². The van der Waals surface area contributed by atoms with E-state index in [1.54, 1.807) is 26.6 Å². The van der Waals surface area contributed by atoms with E-state index >= 15 is 0 Å². The molecular formula is C20H24N2O4. The molecule has 0 aliphatic carbocycles. The van der Waals surface area contributed by atoms with Gasteiger partial charge in [-0.2, -0.15) is 0 Å².